The number of carbonyl (C=O) groups is 1. The fourth-order valence-corrected chi connectivity index (χ4v) is 2.00. The summed E-state index contributed by atoms with van der Waals surface area (Å²) in [6.07, 6.45) is 3.02. The van der Waals surface area contributed by atoms with E-state index in [1.165, 1.54) is 12.4 Å². The summed E-state index contributed by atoms with van der Waals surface area (Å²) in [5, 5.41) is 9.44. The molecule has 3 rings (SSSR count). The van der Waals surface area contributed by atoms with E-state index in [4.69, 9.17) is 0 Å². The van der Waals surface area contributed by atoms with Crippen LogP contribution in [-0.4, -0.2) is 16.0 Å². The van der Waals surface area contributed by atoms with E-state index < -0.39 is 0 Å². The van der Waals surface area contributed by atoms with Crippen LogP contribution >= 0.6 is 0 Å². The number of aromatic nitrogens is 2. The standard InChI is InChI=1S/C15H10N2O/c18-15(12-8-9-16-17-10-12)14-7-3-5-11-4-1-2-6-13(11)14/h1-10H. The molecule has 86 valence electrons. The Hall–Kier alpha value is -2.55. The van der Waals surface area contributed by atoms with Gasteiger partial charge in [-0.2, -0.15) is 10.2 Å². The zero-order valence-electron chi connectivity index (χ0n) is 9.58. The van der Waals surface area contributed by atoms with Crippen LogP contribution in [0.2, 0.25) is 0 Å². The maximum absolute atomic E-state index is 12.4. The van der Waals surface area contributed by atoms with Crippen molar-refractivity contribution in [3.8, 4) is 0 Å². The first-order valence-electron chi connectivity index (χ1n) is 5.65. The minimum absolute atomic E-state index is 0.0262. The molecule has 0 radical (unpaired) electrons. The first kappa shape index (κ1) is 10.6. The van der Waals surface area contributed by atoms with E-state index in [-0.39, 0.29) is 5.78 Å². The summed E-state index contributed by atoms with van der Waals surface area (Å²) in [5.74, 6) is -0.0262. The van der Waals surface area contributed by atoms with Crippen molar-refractivity contribution in [1.29, 1.82) is 0 Å². The molecule has 18 heavy (non-hydrogen) atoms. The summed E-state index contributed by atoms with van der Waals surface area (Å²) >= 11 is 0. The van der Waals surface area contributed by atoms with Crippen LogP contribution in [0.15, 0.2) is 60.9 Å². The molecule has 0 bridgehead atoms. The van der Waals surface area contributed by atoms with Gasteiger partial charge in [0.25, 0.3) is 0 Å². The molecule has 0 unspecified atom stereocenters. The summed E-state index contributed by atoms with van der Waals surface area (Å²) in [5.41, 5.74) is 1.25. The highest BCUT2D eigenvalue weighted by molar-refractivity contribution is 6.16. The molecule has 0 aliphatic heterocycles. The van der Waals surface area contributed by atoms with Crippen molar-refractivity contribution in [2.45, 2.75) is 0 Å². The van der Waals surface area contributed by atoms with Gasteiger partial charge >= 0.3 is 0 Å². The number of fused-ring (bicyclic) bond motifs is 1. The molecular weight excluding hydrogens is 224 g/mol. The quantitative estimate of drug-likeness (QED) is 0.640. The normalized spacial score (nSPS) is 10.4. The van der Waals surface area contributed by atoms with Crippen LogP contribution in [0.5, 0.6) is 0 Å². The molecule has 0 aliphatic rings. The van der Waals surface area contributed by atoms with Crippen molar-refractivity contribution in [3.05, 3.63) is 72.1 Å². The van der Waals surface area contributed by atoms with Crippen molar-refractivity contribution in [2.24, 2.45) is 0 Å². The molecule has 3 heteroatoms. The lowest BCUT2D eigenvalue weighted by Crippen LogP contribution is -2.02. The molecule has 0 amide bonds. The lowest BCUT2D eigenvalue weighted by atomic mass is 9.98. The summed E-state index contributed by atoms with van der Waals surface area (Å²) in [4.78, 5) is 12.4. The molecule has 0 fully saturated rings. The molecule has 0 atom stereocenters. The lowest BCUT2D eigenvalue weighted by Gasteiger charge is -2.05. The van der Waals surface area contributed by atoms with Gasteiger partial charge in [-0.25, -0.2) is 0 Å². The van der Waals surface area contributed by atoms with E-state index in [0.29, 0.717) is 11.1 Å². The molecule has 0 aliphatic carbocycles. The zero-order valence-corrected chi connectivity index (χ0v) is 9.58. The maximum atomic E-state index is 12.4. The number of carbonyl (C=O) groups excluding carboxylic acids is 1. The Morgan fingerprint density at radius 2 is 1.72 bits per heavy atom. The summed E-state index contributed by atoms with van der Waals surface area (Å²) in [6, 6.07) is 15.3. The topological polar surface area (TPSA) is 42.9 Å². The van der Waals surface area contributed by atoms with Gasteiger partial charge in [0, 0.05) is 11.1 Å². The number of rotatable bonds is 2. The van der Waals surface area contributed by atoms with Gasteiger partial charge in [-0.3, -0.25) is 4.79 Å². The molecule has 0 N–H and O–H groups in total. The predicted octanol–water partition coefficient (Wildman–Crippen LogP) is 2.86. The van der Waals surface area contributed by atoms with Gasteiger partial charge in [0.05, 0.1) is 12.4 Å². The van der Waals surface area contributed by atoms with Crippen LogP contribution < -0.4 is 0 Å². The van der Waals surface area contributed by atoms with Crippen molar-refractivity contribution in [3.63, 3.8) is 0 Å². The highest BCUT2D eigenvalue weighted by atomic mass is 16.1. The predicted molar refractivity (Wildman–Crippen MR) is 69.4 cm³/mol. The Bertz CT molecular complexity index is 703. The van der Waals surface area contributed by atoms with Gasteiger partial charge in [-0.1, -0.05) is 42.5 Å². The number of nitrogens with zero attached hydrogens (tertiary/aromatic N) is 2. The molecule has 0 spiro atoms. The molecule has 2 aromatic carbocycles. The average molecular weight is 234 g/mol. The first-order valence-corrected chi connectivity index (χ1v) is 5.65. The molecule has 3 nitrogen and oxygen atoms in total. The third-order valence-corrected chi connectivity index (χ3v) is 2.88. The molecule has 0 saturated carbocycles. The monoisotopic (exact) mass is 234 g/mol. The van der Waals surface area contributed by atoms with Crippen molar-refractivity contribution < 1.29 is 4.79 Å². The summed E-state index contributed by atoms with van der Waals surface area (Å²) in [7, 11) is 0. The van der Waals surface area contributed by atoms with E-state index in [1.54, 1.807) is 6.07 Å². The van der Waals surface area contributed by atoms with Crippen LogP contribution in [0.4, 0.5) is 0 Å². The smallest absolute Gasteiger partial charge is 0.195 e. The van der Waals surface area contributed by atoms with Crippen molar-refractivity contribution in [1.82, 2.24) is 10.2 Å². The van der Waals surface area contributed by atoms with Gasteiger partial charge < -0.3 is 0 Å². The van der Waals surface area contributed by atoms with E-state index in [2.05, 4.69) is 10.2 Å². The zero-order chi connectivity index (χ0) is 12.4. The van der Waals surface area contributed by atoms with E-state index in [9.17, 15) is 4.79 Å². The first-order chi connectivity index (χ1) is 8.86. The van der Waals surface area contributed by atoms with E-state index >= 15 is 0 Å². The molecule has 1 aromatic heterocycles. The minimum atomic E-state index is -0.0262. The lowest BCUT2D eigenvalue weighted by molar-refractivity contribution is 0.104. The Kier molecular flexibility index (Phi) is 2.57. The molecule has 3 aromatic rings. The average Bonchev–Trinajstić information content (AvgIpc) is 2.47. The van der Waals surface area contributed by atoms with Gasteiger partial charge in [0.1, 0.15) is 0 Å². The van der Waals surface area contributed by atoms with Crippen molar-refractivity contribution >= 4 is 16.6 Å². The fourth-order valence-electron chi connectivity index (χ4n) is 2.00. The Labute approximate surface area is 104 Å². The number of hydrogen-bond acceptors (Lipinski definition) is 3. The Morgan fingerprint density at radius 1 is 0.889 bits per heavy atom. The van der Waals surface area contributed by atoms with Crippen LogP contribution in [0, 0.1) is 0 Å². The number of benzene rings is 2. The second kappa shape index (κ2) is 4.37. The Balaban J connectivity index is 2.18. The van der Waals surface area contributed by atoms with E-state index in [1.807, 2.05) is 42.5 Å². The van der Waals surface area contributed by atoms with Crippen LogP contribution in [0.1, 0.15) is 15.9 Å². The highest BCUT2D eigenvalue weighted by Crippen LogP contribution is 2.20. The maximum Gasteiger partial charge on any atom is 0.195 e. The van der Waals surface area contributed by atoms with Gasteiger partial charge in [0.2, 0.25) is 0 Å². The molecular formula is C15H10N2O. The third kappa shape index (κ3) is 1.76. The third-order valence-electron chi connectivity index (χ3n) is 2.88. The SMILES string of the molecule is O=C(c1ccnnc1)c1cccc2ccccc12. The fraction of sp³-hybridized carbons (Fsp3) is 0. The summed E-state index contributed by atoms with van der Waals surface area (Å²) < 4.78 is 0. The second-order valence-corrected chi connectivity index (χ2v) is 3.99. The highest BCUT2D eigenvalue weighted by Gasteiger charge is 2.11. The van der Waals surface area contributed by atoms with Gasteiger partial charge in [-0.05, 0) is 16.8 Å². The van der Waals surface area contributed by atoms with Crippen LogP contribution in [-0.2, 0) is 0 Å². The molecule has 1 heterocycles. The molecule has 0 saturated heterocycles. The minimum Gasteiger partial charge on any atom is -0.289 e. The van der Waals surface area contributed by atoms with Crippen LogP contribution in [0.25, 0.3) is 10.8 Å². The van der Waals surface area contributed by atoms with Crippen molar-refractivity contribution in [2.75, 3.05) is 0 Å². The summed E-state index contributed by atoms with van der Waals surface area (Å²) in [6.45, 7) is 0. The van der Waals surface area contributed by atoms with E-state index in [0.717, 1.165) is 10.8 Å². The van der Waals surface area contributed by atoms with Crippen LogP contribution in [0.3, 0.4) is 0 Å². The number of ketones is 1. The van der Waals surface area contributed by atoms with Gasteiger partial charge in [0.15, 0.2) is 5.78 Å². The number of hydrogen-bond donors (Lipinski definition) is 0. The Morgan fingerprint density at radius 3 is 2.56 bits per heavy atom. The largest absolute Gasteiger partial charge is 0.289 e. The van der Waals surface area contributed by atoms with Gasteiger partial charge in [-0.15, -0.1) is 0 Å². The second-order valence-electron chi connectivity index (χ2n) is 3.99.